The molecule has 3 rings (SSSR count). The number of halogens is 1. The molecule has 0 aliphatic carbocycles. The zero-order valence-corrected chi connectivity index (χ0v) is 14.0. The summed E-state index contributed by atoms with van der Waals surface area (Å²) in [7, 11) is 0. The molecule has 1 aliphatic heterocycles. The maximum atomic E-state index is 10.5. The first-order chi connectivity index (χ1) is 10.6. The largest absolute Gasteiger partial charge is 0.507 e. The van der Waals surface area contributed by atoms with Gasteiger partial charge in [0.15, 0.2) is 0 Å². The SMILES string of the molecule is CCN1CC(CCl)c2c1cc(O)c1cccc(OC(C)C)c21. The van der Waals surface area contributed by atoms with Crippen LogP contribution in [-0.4, -0.2) is 30.2 Å². The predicted molar refractivity (Wildman–Crippen MR) is 92.7 cm³/mol. The molecule has 22 heavy (non-hydrogen) atoms. The molecule has 0 saturated heterocycles. The molecule has 2 aromatic carbocycles. The maximum Gasteiger partial charge on any atom is 0.128 e. The topological polar surface area (TPSA) is 32.7 Å². The third kappa shape index (κ3) is 2.38. The Bertz CT molecular complexity index is 699. The van der Waals surface area contributed by atoms with E-state index in [2.05, 4.69) is 11.8 Å². The summed E-state index contributed by atoms with van der Waals surface area (Å²) < 4.78 is 6.00. The smallest absolute Gasteiger partial charge is 0.128 e. The van der Waals surface area contributed by atoms with Crippen LogP contribution in [0.25, 0.3) is 10.8 Å². The van der Waals surface area contributed by atoms with Crippen molar-refractivity contribution in [2.45, 2.75) is 32.8 Å². The van der Waals surface area contributed by atoms with Crippen LogP contribution in [0.3, 0.4) is 0 Å². The van der Waals surface area contributed by atoms with Gasteiger partial charge < -0.3 is 14.7 Å². The van der Waals surface area contributed by atoms with Gasteiger partial charge in [-0.1, -0.05) is 12.1 Å². The number of aromatic hydroxyl groups is 1. The standard InChI is InChI=1S/C18H22ClNO2/c1-4-20-10-12(9-19)17-14(20)8-15(21)13-6-5-7-16(18(13)17)22-11(2)3/h5-8,11-12,21H,4,9-10H2,1-3H3. The summed E-state index contributed by atoms with van der Waals surface area (Å²) in [6, 6.07) is 7.71. The summed E-state index contributed by atoms with van der Waals surface area (Å²) in [5, 5.41) is 12.3. The molecule has 1 aliphatic rings. The average Bonchev–Trinajstić information content (AvgIpc) is 2.84. The second-order valence-electron chi connectivity index (χ2n) is 6.06. The number of alkyl halides is 1. The molecule has 0 aromatic heterocycles. The van der Waals surface area contributed by atoms with E-state index in [1.807, 2.05) is 38.1 Å². The van der Waals surface area contributed by atoms with Crippen LogP contribution in [0, 0.1) is 0 Å². The zero-order chi connectivity index (χ0) is 15.9. The number of fused-ring (bicyclic) bond motifs is 3. The Hall–Kier alpha value is -1.61. The maximum absolute atomic E-state index is 10.5. The number of phenols is 1. The highest BCUT2D eigenvalue weighted by molar-refractivity contribution is 6.19. The lowest BCUT2D eigenvalue weighted by atomic mass is 9.94. The van der Waals surface area contributed by atoms with Crippen molar-refractivity contribution < 1.29 is 9.84 Å². The Morgan fingerprint density at radius 2 is 2.18 bits per heavy atom. The fourth-order valence-electron chi connectivity index (χ4n) is 3.34. The molecule has 118 valence electrons. The molecule has 1 heterocycles. The summed E-state index contributed by atoms with van der Waals surface area (Å²) in [5.74, 6) is 1.96. The monoisotopic (exact) mass is 319 g/mol. The average molecular weight is 320 g/mol. The van der Waals surface area contributed by atoms with Crippen LogP contribution in [-0.2, 0) is 0 Å². The van der Waals surface area contributed by atoms with E-state index in [1.54, 1.807) is 0 Å². The molecule has 1 N–H and O–H groups in total. The molecule has 1 unspecified atom stereocenters. The van der Waals surface area contributed by atoms with E-state index in [4.69, 9.17) is 16.3 Å². The predicted octanol–water partition coefficient (Wildman–Crippen LogP) is 4.49. The van der Waals surface area contributed by atoms with Gasteiger partial charge in [0.25, 0.3) is 0 Å². The molecule has 0 bridgehead atoms. The first-order valence-electron chi connectivity index (χ1n) is 7.83. The molecule has 0 spiro atoms. The van der Waals surface area contributed by atoms with Gasteiger partial charge in [0.05, 0.1) is 6.10 Å². The summed E-state index contributed by atoms with van der Waals surface area (Å²) in [4.78, 5) is 2.27. The van der Waals surface area contributed by atoms with E-state index in [0.29, 0.717) is 11.6 Å². The lowest BCUT2D eigenvalue weighted by Crippen LogP contribution is -2.21. The van der Waals surface area contributed by atoms with Crippen molar-refractivity contribution in [3.05, 3.63) is 29.8 Å². The Kier molecular flexibility index (Phi) is 4.09. The van der Waals surface area contributed by atoms with Gasteiger partial charge in [0.1, 0.15) is 11.5 Å². The zero-order valence-electron chi connectivity index (χ0n) is 13.3. The van der Waals surface area contributed by atoms with Crippen LogP contribution in [0.15, 0.2) is 24.3 Å². The van der Waals surface area contributed by atoms with Gasteiger partial charge >= 0.3 is 0 Å². The van der Waals surface area contributed by atoms with E-state index in [1.165, 1.54) is 5.56 Å². The third-order valence-electron chi connectivity index (χ3n) is 4.24. The number of phenolic OH excluding ortho intramolecular Hbond substituents is 1. The van der Waals surface area contributed by atoms with Gasteiger partial charge in [0, 0.05) is 47.4 Å². The molecule has 3 nitrogen and oxygen atoms in total. The number of hydrogen-bond acceptors (Lipinski definition) is 3. The minimum Gasteiger partial charge on any atom is -0.507 e. The van der Waals surface area contributed by atoms with E-state index in [9.17, 15) is 5.11 Å². The van der Waals surface area contributed by atoms with Crippen LogP contribution >= 0.6 is 11.6 Å². The first kappa shape index (κ1) is 15.3. The highest BCUT2D eigenvalue weighted by atomic mass is 35.5. The number of ether oxygens (including phenoxy) is 1. The number of nitrogens with zero attached hydrogens (tertiary/aromatic N) is 1. The molecule has 0 amide bonds. The van der Waals surface area contributed by atoms with Crippen LogP contribution in [0.1, 0.15) is 32.3 Å². The Labute approximate surface area is 136 Å². The van der Waals surface area contributed by atoms with Crippen molar-refractivity contribution in [1.82, 2.24) is 0 Å². The highest BCUT2D eigenvalue weighted by Gasteiger charge is 2.31. The molecular formula is C18H22ClNO2. The fourth-order valence-corrected chi connectivity index (χ4v) is 3.60. The van der Waals surface area contributed by atoms with Crippen molar-refractivity contribution >= 4 is 28.1 Å². The first-order valence-corrected chi connectivity index (χ1v) is 8.36. The molecular weight excluding hydrogens is 298 g/mol. The molecule has 1 atom stereocenters. The van der Waals surface area contributed by atoms with Crippen molar-refractivity contribution in [3.8, 4) is 11.5 Å². The highest BCUT2D eigenvalue weighted by Crippen LogP contribution is 2.48. The quantitative estimate of drug-likeness (QED) is 0.842. The van der Waals surface area contributed by atoms with Crippen LogP contribution in [0.5, 0.6) is 11.5 Å². The molecule has 0 saturated carbocycles. The Morgan fingerprint density at radius 3 is 2.82 bits per heavy atom. The summed E-state index contributed by atoms with van der Waals surface area (Å²) in [5.41, 5.74) is 2.29. The van der Waals surface area contributed by atoms with E-state index in [0.717, 1.165) is 35.3 Å². The van der Waals surface area contributed by atoms with E-state index >= 15 is 0 Å². The number of hydrogen-bond donors (Lipinski definition) is 1. The fraction of sp³-hybridized carbons (Fsp3) is 0.444. The number of rotatable bonds is 4. The van der Waals surface area contributed by atoms with Crippen LogP contribution < -0.4 is 9.64 Å². The lowest BCUT2D eigenvalue weighted by Gasteiger charge is -2.19. The van der Waals surface area contributed by atoms with Gasteiger partial charge in [-0.25, -0.2) is 0 Å². The number of anilines is 1. The van der Waals surface area contributed by atoms with Gasteiger partial charge in [0.2, 0.25) is 0 Å². The minimum atomic E-state index is 0.0849. The summed E-state index contributed by atoms with van der Waals surface area (Å²) in [6.07, 6.45) is 0.0849. The second-order valence-corrected chi connectivity index (χ2v) is 6.37. The normalized spacial score (nSPS) is 17.3. The Balaban J connectivity index is 2.32. The lowest BCUT2D eigenvalue weighted by molar-refractivity contribution is 0.245. The van der Waals surface area contributed by atoms with Crippen molar-refractivity contribution in [2.24, 2.45) is 0 Å². The van der Waals surface area contributed by atoms with Crippen molar-refractivity contribution in [3.63, 3.8) is 0 Å². The van der Waals surface area contributed by atoms with Gasteiger partial charge in [-0.05, 0) is 32.4 Å². The summed E-state index contributed by atoms with van der Waals surface area (Å²) in [6.45, 7) is 7.94. The van der Waals surface area contributed by atoms with Gasteiger partial charge in [-0.2, -0.15) is 0 Å². The van der Waals surface area contributed by atoms with Crippen LogP contribution in [0.4, 0.5) is 5.69 Å². The van der Waals surface area contributed by atoms with Gasteiger partial charge in [-0.3, -0.25) is 0 Å². The van der Waals surface area contributed by atoms with E-state index < -0.39 is 0 Å². The second kappa shape index (κ2) is 5.88. The Morgan fingerprint density at radius 1 is 1.41 bits per heavy atom. The van der Waals surface area contributed by atoms with E-state index in [-0.39, 0.29) is 12.0 Å². The molecule has 2 aromatic rings. The number of benzene rings is 2. The van der Waals surface area contributed by atoms with Gasteiger partial charge in [-0.15, -0.1) is 11.6 Å². The molecule has 0 radical (unpaired) electrons. The molecule has 4 heteroatoms. The van der Waals surface area contributed by atoms with Crippen molar-refractivity contribution in [2.75, 3.05) is 23.9 Å². The van der Waals surface area contributed by atoms with Crippen molar-refractivity contribution in [1.29, 1.82) is 0 Å². The number of likely N-dealkylation sites (N-methyl/N-ethyl adjacent to an activating group) is 1. The summed E-state index contributed by atoms with van der Waals surface area (Å²) >= 11 is 6.23. The third-order valence-corrected chi connectivity index (χ3v) is 4.61. The minimum absolute atomic E-state index is 0.0849. The molecule has 0 fully saturated rings. The van der Waals surface area contributed by atoms with Crippen LogP contribution in [0.2, 0.25) is 0 Å².